The van der Waals surface area contributed by atoms with Gasteiger partial charge in [-0.05, 0) is 60.2 Å². The van der Waals surface area contributed by atoms with Gasteiger partial charge < -0.3 is 25.3 Å². The number of nitrogens with one attached hydrogen (secondary N) is 1. The number of hydrogen-bond acceptors (Lipinski definition) is 7. The van der Waals surface area contributed by atoms with Gasteiger partial charge in [0.1, 0.15) is 12.6 Å². The van der Waals surface area contributed by atoms with Crippen LogP contribution in [0.1, 0.15) is 81.3 Å². The molecule has 1 aliphatic rings. The molecule has 1 saturated carbocycles. The minimum absolute atomic E-state index is 0.0950. The molecule has 2 heterocycles. The van der Waals surface area contributed by atoms with E-state index in [4.69, 9.17) is 0 Å². The number of aromatic nitrogens is 1. The van der Waals surface area contributed by atoms with Crippen LogP contribution >= 0.6 is 11.3 Å². The van der Waals surface area contributed by atoms with Crippen molar-refractivity contribution in [3.05, 3.63) is 88.4 Å². The highest BCUT2D eigenvalue weighted by Crippen LogP contribution is 2.29. The molecule has 0 radical (unpaired) electrons. The van der Waals surface area contributed by atoms with Gasteiger partial charge in [0, 0.05) is 49.7 Å². The van der Waals surface area contributed by atoms with Gasteiger partial charge in [0.25, 0.3) is 0 Å². The fourth-order valence-corrected chi connectivity index (χ4v) is 7.59. The molecule has 0 aliphatic heterocycles. The van der Waals surface area contributed by atoms with Crippen LogP contribution in [-0.2, 0) is 33.8 Å². The summed E-state index contributed by atoms with van der Waals surface area (Å²) in [4.78, 5) is 50.3. The molecule has 50 heavy (non-hydrogen) atoms. The van der Waals surface area contributed by atoms with Crippen LogP contribution in [0.3, 0.4) is 0 Å². The molecule has 0 saturated heterocycles. The number of thiophene rings is 1. The van der Waals surface area contributed by atoms with Crippen molar-refractivity contribution in [2.45, 2.75) is 103 Å². The van der Waals surface area contributed by atoms with Crippen LogP contribution in [0.2, 0.25) is 0 Å². The van der Waals surface area contributed by atoms with Crippen LogP contribution in [0.15, 0.2) is 72.2 Å². The molecular weight excluding hydrogens is 649 g/mol. The van der Waals surface area contributed by atoms with Crippen LogP contribution in [0.4, 0.5) is 0 Å². The maximum absolute atomic E-state index is 14.2. The van der Waals surface area contributed by atoms with E-state index in [0.717, 1.165) is 41.8 Å². The Labute approximate surface area is 302 Å². The lowest BCUT2D eigenvalue weighted by atomic mass is 9.82. The first-order chi connectivity index (χ1) is 24.1. The number of nitrogens with zero attached hydrogens (tertiary/aromatic N) is 3. The maximum atomic E-state index is 14.2. The summed E-state index contributed by atoms with van der Waals surface area (Å²) in [5.41, 5.74) is 1.77. The second kappa shape index (κ2) is 20.3. The van der Waals surface area contributed by atoms with E-state index in [0.29, 0.717) is 38.1 Å². The van der Waals surface area contributed by atoms with Crippen molar-refractivity contribution in [1.82, 2.24) is 20.1 Å². The summed E-state index contributed by atoms with van der Waals surface area (Å²) < 4.78 is 0. The van der Waals surface area contributed by atoms with Gasteiger partial charge >= 0.3 is 0 Å². The zero-order valence-corrected chi connectivity index (χ0v) is 30.8. The minimum atomic E-state index is -1.12. The van der Waals surface area contributed by atoms with Gasteiger partial charge in [-0.25, -0.2) is 0 Å². The molecule has 1 fully saturated rings. The van der Waals surface area contributed by atoms with Crippen molar-refractivity contribution in [2.24, 2.45) is 17.8 Å². The van der Waals surface area contributed by atoms with Crippen molar-refractivity contribution >= 4 is 29.1 Å². The molecule has 3 aromatic rings. The monoisotopic (exact) mass is 704 g/mol. The lowest BCUT2D eigenvalue weighted by Gasteiger charge is -2.34. The Morgan fingerprint density at radius 2 is 1.70 bits per heavy atom. The third-order valence-corrected chi connectivity index (χ3v) is 10.6. The number of hydrogen-bond donors (Lipinski definition) is 3. The Morgan fingerprint density at radius 1 is 0.960 bits per heavy atom. The predicted molar refractivity (Wildman–Crippen MR) is 198 cm³/mol. The van der Waals surface area contributed by atoms with Gasteiger partial charge in [-0.1, -0.05) is 88.4 Å². The number of aliphatic hydroxyl groups is 2. The van der Waals surface area contributed by atoms with E-state index >= 15 is 0 Å². The van der Waals surface area contributed by atoms with Gasteiger partial charge in [0.2, 0.25) is 17.7 Å². The first-order valence-electron chi connectivity index (χ1n) is 18.2. The Bertz CT molecular complexity index is 1430. The Balaban J connectivity index is 1.52. The molecule has 9 nitrogen and oxygen atoms in total. The summed E-state index contributed by atoms with van der Waals surface area (Å²) in [6.45, 7) is 4.57. The topological polar surface area (TPSA) is 123 Å². The van der Waals surface area contributed by atoms with E-state index < -0.39 is 24.2 Å². The summed E-state index contributed by atoms with van der Waals surface area (Å²) in [5.74, 6) is -0.987. The summed E-state index contributed by atoms with van der Waals surface area (Å²) in [6, 6.07) is 18.5. The molecule has 3 amide bonds. The summed E-state index contributed by atoms with van der Waals surface area (Å²) in [6.07, 6.45) is 7.03. The van der Waals surface area contributed by atoms with Crippen LogP contribution < -0.4 is 5.32 Å². The number of aliphatic hydroxyl groups excluding tert-OH is 2. The third-order valence-electron chi connectivity index (χ3n) is 9.73. The zero-order chi connectivity index (χ0) is 35.9. The molecule has 2 aromatic heterocycles. The van der Waals surface area contributed by atoms with E-state index in [1.165, 1.54) is 17.8 Å². The van der Waals surface area contributed by atoms with Crippen molar-refractivity contribution in [3.8, 4) is 0 Å². The van der Waals surface area contributed by atoms with Gasteiger partial charge in [-0.2, -0.15) is 0 Å². The zero-order valence-electron chi connectivity index (χ0n) is 30.0. The predicted octanol–water partition coefficient (Wildman–Crippen LogP) is 5.64. The number of amides is 3. The van der Waals surface area contributed by atoms with Crippen molar-refractivity contribution in [1.29, 1.82) is 0 Å². The van der Waals surface area contributed by atoms with E-state index in [1.54, 1.807) is 23.0 Å². The quantitative estimate of drug-likeness (QED) is 0.148. The van der Waals surface area contributed by atoms with Crippen LogP contribution in [0.5, 0.6) is 0 Å². The fourth-order valence-electron chi connectivity index (χ4n) is 6.80. The van der Waals surface area contributed by atoms with E-state index in [2.05, 4.69) is 10.3 Å². The number of likely N-dealkylation sites (N-methyl/N-ethyl adjacent to an activating group) is 1. The number of rotatable bonds is 19. The van der Waals surface area contributed by atoms with Gasteiger partial charge in [0.05, 0.1) is 18.1 Å². The number of carbonyl (C=O) groups is 3. The minimum Gasteiger partial charge on any atom is -0.390 e. The molecule has 0 bridgehead atoms. The van der Waals surface area contributed by atoms with E-state index in [-0.39, 0.29) is 43.1 Å². The Morgan fingerprint density at radius 3 is 2.36 bits per heavy atom. The van der Waals surface area contributed by atoms with Gasteiger partial charge in [0.15, 0.2) is 0 Å². The SMILES string of the molecule is CC(C)C[C@H](O)[C@H](O)[C@H](CC1CCCCC1)NC(=O)[C@@H](CC(=O)N(CC(=O)N(C)CCc1ccccn1)Cc1ccccc1)Cc1cccs1. The standard InChI is InChI=1S/C40H56N4O5S/c1-29(2)23-36(45)39(48)35(24-30-13-6-4-7-14-30)42-40(49)32(25-34-18-12-22-50-34)26-37(46)44(27-31-15-8-5-9-16-31)28-38(47)43(3)21-19-33-17-10-11-20-41-33/h5,8-12,15-18,20,22,29-30,32,35-36,39,45,48H,4,6-7,13-14,19,21,23-28H2,1-3H3,(H,42,49)/t32-,35+,36+,39-/m1/s1. The number of pyridine rings is 1. The third kappa shape index (κ3) is 12.9. The lowest BCUT2D eigenvalue weighted by Crippen LogP contribution is -2.52. The second-order valence-electron chi connectivity index (χ2n) is 14.3. The van der Waals surface area contributed by atoms with Crippen molar-refractivity contribution in [2.75, 3.05) is 20.1 Å². The number of carbonyl (C=O) groups excluding carboxylic acids is 3. The molecular formula is C40H56N4O5S. The highest BCUT2D eigenvalue weighted by Gasteiger charge is 2.34. The van der Waals surface area contributed by atoms with Gasteiger partial charge in [-0.3, -0.25) is 19.4 Å². The van der Waals surface area contributed by atoms with Crippen LogP contribution in [0.25, 0.3) is 0 Å². The molecule has 0 unspecified atom stereocenters. The van der Waals surface area contributed by atoms with Gasteiger partial charge in [-0.15, -0.1) is 11.3 Å². The van der Waals surface area contributed by atoms with Crippen LogP contribution in [-0.4, -0.2) is 81.1 Å². The molecule has 10 heteroatoms. The molecule has 0 spiro atoms. The molecule has 3 N–H and O–H groups in total. The van der Waals surface area contributed by atoms with Crippen molar-refractivity contribution < 1.29 is 24.6 Å². The van der Waals surface area contributed by atoms with E-state index in [1.807, 2.05) is 79.9 Å². The molecule has 4 atom stereocenters. The number of benzene rings is 1. The highest BCUT2D eigenvalue weighted by molar-refractivity contribution is 7.09. The molecule has 1 aromatic carbocycles. The fraction of sp³-hybridized carbons (Fsp3) is 0.550. The average molecular weight is 705 g/mol. The molecule has 4 rings (SSSR count). The normalized spacial score (nSPS) is 16.0. The molecule has 272 valence electrons. The summed E-state index contributed by atoms with van der Waals surface area (Å²) in [7, 11) is 1.73. The largest absolute Gasteiger partial charge is 0.390 e. The lowest BCUT2D eigenvalue weighted by molar-refractivity contribution is -0.142. The second-order valence-corrected chi connectivity index (χ2v) is 15.4. The first kappa shape index (κ1) is 39.2. The summed E-state index contributed by atoms with van der Waals surface area (Å²) in [5, 5.41) is 27.4. The van der Waals surface area contributed by atoms with Crippen molar-refractivity contribution in [3.63, 3.8) is 0 Å². The molecule has 1 aliphatic carbocycles. The first-order valence-corrected chi connectivity index (χ1v) is 19.1. The maximum Gasteiger partial charge on any atom is 0.241 e. The highest BCUT2D eigenvalue weighted by atomic mass is 32.1. The Kier molecular flexibility index (Phi) is 15.9. The van der Waals surface area contributed by atoms with Crippen LogP contribution in [0, 0.1) is 17.8 Å². The smallest absolute Gasteiger partial charge is 0.241 e. The Hall–Kier alpha value is -3.60. The van der Waals surface area contributed by atoms with E-state index in [9.17, 15) is 24.6 Å². The summed E-state index contributed by atoms with van der Waals surface area (Å²) >= 11 is 1.53. The average Bonchev–Trinajstić information content (AvgIpc) is 3.63.